The lowest BCUT2D eigenvalue weighted by atomic mass is 10.0. The number of aliphatic carboxylic acids is 1. The first-order chi connectivity index (χ1) is 11.0. The van der Waals surface area contributed by atoms with Crippen molar-refractivity contribution >= 4 is 45.1 Å². The number of rotatable bonds is 4. The van der Waals surface area contributed by atoms with Gasteiger partial charge in [0, 0.05) is 26.9 Å². The van der Waals surface area contributed by atoms with Gasteiger partial charge in [0.05, 0.1) is 0 Å². The van der Waals surface area contributed by atoms with Crippen molar-refractivity contribution in [2.75, 3.05) is 11.9 Å². The van der Waals surface area contributed by atoms with E-state index in [1.165, 1.54) is 0 Å². The maximum absolute atomic E-state index is 12.2. The van der Waals surface area contributed by atoms with Crippen molar-refractivity contribution in [2.24, 2.45) is 0 Å². The van der Waals surface area contributed by atoms with Crippen LogP contribution < -0.4 is 10.1 Å². The first kappa shape index (κ1) is 15.3. The second-order valence-corrected chi connectivity index (χ2v) is 5.84. The molecule has 2 aromatic carbocycles. The number of fused-ring (bicyclic) bond motifs is 1. The van der Waals surface area contributed by atoms with E-state index in [0.717, 1.165) is 15.7 Å². The zero-order valence-corrected chi connectivity index (χ0v) is 13.5. The van der Waals surface area contributed by atoms with E-state index in [9.17, 15) is 9.59 Å². The normalized spacial score (nSPS) is 14.5. The molecule has 2 aromatic rings. The number of para-hydroxylation sites is 1. The molecule has 0 atom stereocenters. The van der Waals surface area contributed by atoms with Crippen LogP contribution >= 0.6 is 15.9 Å². The molecule has 5 nitrogen and oxygen atoms in total. The fourth-order valence-electron chi connectivity index (χ4n) is 2.33. The average molecular weight is 374 g/mol. The van der Waals surface area contributed by atoms with Crippen LogP contribution in [0.15, 0.2) is 46.9 Å². The molecule has 1 aliphatic rings. The number of carboxylic acids is 1. The third kappa shape index (κ3) is 3.27. The molecule has 116 valence electrons. The topological polar surface area (TPSA) is 75.6 Å². The quantitative estimate of drug-likeness (QED) is 0.805. The van der Waals surface area contributed by atoms with Crippen molar-refractivity contribution in [1.82, 2.24) is 0 Å². The maximum Gasteiger partial charge on any atom is 0.341 e. The third-order valence-electron chi connectivity index (χ3n) is 3.33. The van der Waals surface area contributed by atoms with Gasteiger partial charge in [0.15, 0.2) is 6.61 Å². The Kier molecular flexibility index (Phi) is 4.16. The van der Waals surface area contributed by atoms with Gasteiger partial charge in [-0.1, -0.05) is 34.1 Å². The van der Waals surface area contributed by atoms with Crippen molar-refractivity contribution in [3.63, 3.8) is 0 Å². The molecular weight excluding hydrogens is 362 g/mol. The van der Waals surface area contributed by atoms with Gasteiger partial charge in [-0.25, -0.2) is 4.79 Å². The van der Waals surface area contributed by atoms with Crippen molar-refractivity contribution in [3.05, 3.63) is 58.1 Å². The van der Waals surface area contributed by atoms with E-state index in [2.05, 4.69) is 21.2 Å². The average Bonchev–Trinajstić information content (AvgIpc) is 2.82. The molecule has 0 unspecified atom stereocenters. The molecule has 1 aliphatic heterocycles. The summed E-state index contributed by atoms with van der Waals surface area (Å²) in [4.78, 5) is 22.9. The van der Waals surface area contributed by atoms with Crippen LogP contribution in [0.4, 0.5) is 5.69 Å². The summed E-state index contributed by atoms with van der Waals surface area (Å²) in [5.41, 5.74) is 2.69. The Labute approximate surface area is 140 Å². The molecule has 0 aromatic heterocycles. The van der Waals surface area contributed by atoms with Gasteiger partial charge < -0.3 is 15.2 Å². The molecule has 6 heteroatoms. The van der Waals surface area contributed by atoms with E-state index < -0.39 is 12.6 Å². The van der Waals surface area contributed by atoms with Gasteiger partial charge in [-0.05, 0) is 30.3 Å². The first-order valence-corrected chi connectivity index (χ1v) is 7.60. The zero-order chi connectivity index (χ0) is 16.4. The molecule has 3 rings (SSSR count). The third-order valence-corrected chi connectivity index (χ3v) is 3.83. The van der Waals surface area contributed by atoms with Crippen LogP contribution in [0.3, 0.4) is 0 Å². The predicted molar refractivity (Wildman–Crippen MR) is 90.2 cm³/mol. The van der Waals surface area contributed by atoms with E-state index in [0.29, 0.717) is 16.9 Å². The standard InChI is InChI=1S/C17H12BrNO4/c18-11-5-6-14-12(8-11)13(17(22)19-14)7-10-3-1-2-4-15(10)23-9-16(20)21/h1-8H,9H2,(H,19,22)(H,20,21). The number of anilines is 1. The van der Waals surface area contributed by atoms with E-state index in [1.807, 2.05) is 18.2 Å². The fourth-order valence-corrected chi connectivity index (χ4v) is 2.69. The molecule has 0 radical (unpaired) electrons. The highest BCUT2D eigenvalue weighted by Crippen LogP contribution is 2.36. The van der Waals surface area contributed by atoms with Gasteiger partial charge in [-0.15, -0.1) is 0 Å². The Morgan fingerprint density at radius 3 is 2.83 bits per heavy atom. The minimum atomic E-state index is -1.06. The van der Waals surface area contributed by atoms with Crippen LogP contribution in [0.2, 0.25) is 0 Å². The number of carbonyl (C=O) groups is 2. The summed E-state index contributed by atoms with van der Waals surface area (Å²) in [6.45, 7) is -0.436. The fraction of sp³-hybridized carbons (Fsp3) is 0.0588. The minimum Gasteiger partial charge on any atom is -0.481 e. The molecule has 23 heavy (non-hydrogen) atoms. The largest absolute Gasteiger partial charge is 0.481 e. The summed E-state index contributed by atoms with van der Waals surface area (Å²) < 4.78 is 6.14. The van der Waals surface area contributed by atoms with E-state index in [1.54, 1.807) is 30.3 Å². The highest BCUT2D eigenvalue weighted by molar-refractivity contribution is 9.10. The molecule has 1 heterocycles. The molecule has 0 aliphatic carbocycles. The van der Waals surface area contributed by atoms with E-state index >= 15 is 0 Å². The number of benzene rings is 2. The van der Waals surface area contributed by atoms with Crippen LogP contribution in [-0.4, -0.2) is 23.6 Å². The van der Waals surface area contributed by atoms with Crippen LogP contribution in [0.1, 0.15) is 11.1 Å². The van der Waals surface area contributed by atoms with Crippen molar-refractivity contribution in [2.45, 2.75) is 0 Å². The summed E-state index contributed by atoms with van der Waals surface area (Å²) in [6.07, 6.45) is 1.70. The Morgan fingerprint density at radius 2 is 2.04 bits per heavy atom. The number of hydrogen-bond acceptors (Lipinski definition) is 3. The molecule has 0 bridgehead atoms. The zero-order valence-electron chi connectivity index (χ0n) is 11.9. The maximum atomic E-state index is 12.2. The van der Waals surface area contributed by atoms with E-state index in [-0.39, 0.29) is 5.91 Å². The molecular formula is C17H12BrNO4. The van der Waals surface area contributed by atoms with Gasteiger partial charge in [0.1, 0.15) is 5.75 Å². The Bertz CT molecular complexity index is 829. The van der Waals surface area contributed by atoms with E-state index in [4.69, 9.17) is 9.84 Å². The SMILES string of the molecule is O=C(O)COc1ccccc1C=C1C(=O)Nc2ccc(Br)cc21. The number of halogens is 1. The summed E-state index contributed by atoms with van der Waals surface area (Å²) in [5.74, 6) is -0.842. The van der Waals surface area contributed by atoms with Gasteiger partial charge >= 0.3 is 5.97 Å². The van der Waals surface area contributed by atoms with Crippen LogP contribution in [-0.2, 0) is 9.59 Å². The van der Waals surface area contributed by atoms with Crippen LogP contribution in [0.25, 0.3) is 11.6 Å². The minimum absolute atomic E-state index is 0.203. The van der Waals surface area contributed by atoms with Crippen molar-refractivity contribution in [1.29, 1.82) is 0 Å². The molecule has 0 spiro atoms. The number of ether oxygens (including phenoxy) is 1. The second-order valence-electron chi connectivity index (χ2n) is 4.92. The number of carbonyl (C=O) groups excluding carboxylic acids is 1. The number of amides is 1. The molecule has 2 N–H and O–H groups in total. The Morgan fingerprint density at radius 1 is 1.26 bits per heavy atom. The molecule has 1 amide bonds. The monoisotopic (exact) mass is 373 g/mol. The lowest BCUT2D eigenvalue weighted by Crippen LogP contribution is -2.10. The summed E-state index contributed by atoms with van der Waals surface area (Å²) >= 11 is 3.40. The highest BCUT2D eigenvalue weighted by Gasteiger charge is 2.24. The molecule has 0 saturated carbocycles. The number of hydrogen-bond donors (Lipinski definition) is 2. The Hall–Kier alpha value is -2.60. The van der Waals surface area contributed by atoms with Gasteiger partial charge in [0.25, 0.3) is 5.91 Å². The van der Waals surface area contributed by atoms with Crippen molar-refractivity contribution in [3.8, 4) is 5.75 Å². The van der Waals surface area contributed by atoms with Gasteiger partial charge in [-0.2, -0.15) is 0 Å². The predicted octanol–water partition coefficient (Wildman–Crippen LogP) is 3.41. The molecule has 0 saturated heterocycles. The van der Waals surface area contributed by atoms with Gasteiger partial charge in [0.2, 0.25) is 0 Å². The first-order valence-electron chi connectivity index (χ1n) is 6.81. The smallest absolute Gasteiger partial charge is 0.341 e. The van der Waals surface area contributed by atoms with Crippen LogP contribution in [0, 0.1) is 0 Å². The lowest BCUT2D eigenvalue weighted by Gasteiger charge is -2.07. The molecule has 0 fully saturated rings. The summed E-state index contributed by atoms with van der Waals surface area (Å²) in [6, 6.07) is 12.5. The summed E-state index contributed by atoms with van der Waals surface area (Å²) in [5, 5.41) is 11.5. The van der Waals surface area contributed by atoms with Crippen molar-refractivity contribution < 1.29 is 19.4 Å². The second kappa shape index (κ2) is 6.26. The number of nitrogens with one attached hydrogen (secondary N) is 1. The summed E-state index contributed by atoms with van der Waals surface area (Å²) in [7, 11) is 0. The van der Waals surface area contributed by atoms with Crippen LogP contribution in [0.5, 0.6) is 5.75 Å². The highest BCUT2D eigenvalue weighted by atomic mass is 79.9. The Balaban J connectivity index is 2.01. The number of carboxylic acid groups (broad SMARTS) is 1. The van der Waals surface area contributed by atoms with Gasteiger partial charge in [-0.3, -0.25) is 4.79 Å². The lowest BCUT2D eigenvalue weighted by molar-refractivity contribution is -0.139.